The summed E-state index contributed by atoms with van der Waals surface area (Å²) in [5, 5.41) is 9.54. The molecule has 0 aliphatic carbocycles. The maximum absolute atomic E-state index is 6.50. The van der Waals surface area contributed by atoms with Crippen molar-refractivity contribution in [1.29, 1.82) is 0 Å². The lowest BCUT2D eigenvalue weighted by atomic mass is 9.92. The zero-order chi connectivity index (χ0) is 23.1. The lowest BCUT2D eigenvalue weighted by Crippen LogP contribution is -2.55. The van der Waals surface area contributed by atoms with Crippen molar-refractivity contribution in [3.05, 3.63) is 45.7 Å². The van der Waals surface area contributed by atoms with Gasteiger partial charge >= 0.3 is 0 Å². The minimum absolute atomic E-state index is 0.0909. The number of rotatable bonds is 4. The van der Waals surface area contributed by atoms with Crippen molar-refractivity contribution in [1.82, 2.24) is 30.0 Å². The normalized spacial score (nSPS) is 23.2. The number of hydrogen-bond donors (Lipinski definition) is 1. The maximum atomic E-state index is 6.50. The molecule has 1 N–H and O–H groups in total. The van der Waals surface area contributed by atoms with Crippen LogP contribution in [0.25, 0.3) is 11.2 Å². The number of fused-ring (bicyclic) bond motifs is 1. The highest BCUT2D eigenvalue weighted by atomic mass is 35.5. The van der Waals surface area contributed by atoms with Crippen molar-refractivity contribution < 1.29 is 0 Å². The largest absolute Gasteiger partial charge is 0.355 e. The van der Waals surface area contributed by atoms with Crippen LogP contribution < -0.4 is 10.2 Å². The molecule has 9 heteroatoms. The van der Waals surface area contributed by atoms with Crippen LogP contribution in [-0.4, -0.2) is 63.5 Å². The number of aryl methyl sites for hydroxylation is 1. The second-order valence-electron chi connectivity index (χ2n) is 9.38. The van der Waals surface area contributed by atoms with Crippen molar-refractivity contribution in [2.75, 3.05) is 37.7 Å². The number of benzene rings is 1. The molecule has 0 spiro atoms. The van der Waals surface area contributed by atoms with Crippen molar-refractivity contribution in [2.45, 2.75) is 45.7 Å². The highest BCUT2D eigenvalue weighted by Crippen LogP contribution is 2.32. The van der Waals surface area contributed by atoms with E-state index in [0.29, 0.717) is 22.0 Å². The van der Waals surface area contributed by atoms with Crippen LogP contribution >= 0.6 is 23.2 Å². The molecular weight excluding hydrogens is 457 g/mol. The van der Waals surface area contributed by atoms with E-state index in [1.807, 2.05) is 29.9 Å². The van der Waals surface area contributed by atoms with E-state index in [2.05, 4.69) is 29.0 Å². The summed E-state index contributed by atoms with van der Waals surface area (Å²) >= 11 is 12.6. The third-order valence-electron chi connectivity index (χ3n) is 7.11. The first-order valence-electron chi connectivity index (χ1n) is 11.8. The molecule has 1 aromatic carbocycles. The van der Waals surface area contributed by atoms with Crippen LogP contribution in [0.15, 0.2) is 24.4 Å². The molecule has 3 atom stereocenters. The van der Waals surface area contributed by atoms with Gasteiger partial charge in [0.15, 0.2) is 5.65 Å². The fourth-order valence-corrected chi connectivity index (χ4v) is 5.88. The summed E-state index contributed by atoms with van der Waals surface area (Å²) in [5.74, 6) is 1.48. The summed E-state index contributed by atoms with van der Waals surface area (Å²) in [6, 6.07) is 6.11. The van der Waals surface area contributed by atoms with Gasteiger partial charge in [-0.3, -0.25) is 4.90 Å². The highest BCUT2D eigenvalue weighted by molar-refractivity contribution is 6.35. The Bertz CT molecular complexity index is 1140. The number of nitrogens with one attached hydrogen (secondary N) is 1. The molecule has 3 aromatic rings. The number of hydrogen-bond acceptors (Lipinski definition) is 6. The summed E-state index contributed by atoms with van der Waals surface area (Å²) in [7, 11) is 0. The maximum Gasteiger partial charge on any atom is 0.179 e. The van der Waals surface area contributed by atoms with Gasteiger partial charge in [0.05, 0.1) is 17.9 Å². The van der Waals surface area contributed by atoms with Gasteiger partial charge in [-0.1, -0.05) is 36.2 Å². The number of aromatic nitrogens is 4. The minimum atomic E-state index is -0.0909. The standard InChI is InChI=1S/C24H31Cl2N7/c1-15-13-31(10-7-21(15)32-9-4-8-27-14-32)22-12-28-23-16(2)30-33(24(23)29-22)17(3)19-6-5-18(25)11-20(19)26/h5-6,11-12,15,17,21,27H,4,7-10,13-14H2,1-3H3. The Morgan fingerprint density at radius 1 is 1.21 bits per heavy atom. The van der Waals surface area contributed by atoms with Crippen LogP contribution in [-0.2, 0) is 0 Å². The molecule has 33 heavy (non-hydrogen) atoms. The molecule has 4 heterocycles. The summed E-state index contributed by atoms with van der Waals surface area (Å²) in [5.41, 5.74) is 3.45. The van der Waals surface area contributed by atoms with E-state index >= 15 is 0 Å². The lowest BCUT2D eigenvalue weighted by Gasteiger charge is -2.44. The average molecular weight is 488 g/mol. The predicted molar refractivity (Wildman–Crippen MR) is 134 cm³/mol. The first-order chi connectivity index (χ1) is 15.9. The van der Waals surface area contributed by atoms with E-state index in [9.17, 15) is 0 Å². The van der Waals surface area contributed by atoms with Gasteiger partial charge < -0.3 is 10.2 Å². The predicted octanol–water partition coefficient (Wildman–Crippen LogP) is 4.52. The van der Waals surface area contributed by atoms with Gasteiger partial charge in [-0.25, -0.2) is 14.6 Å². The molecule has 3 unspecified atom stereocenters. The smallest absolute Gasteiger partial charge is 0.179 e. The zero-order valence-corrected chi connectivity index (χ0v) is 20.9. The molecule has 0 saturated carbocycles. The topological polar surface area (TPSA) is 62.1 Å². The molecule has 0 amide bonds. The van der Waals surface area contributed by atoms with Crippen LogP contribution in [0.4, 0.5) is 5.82 Å². The molecule has 2 aromatic heterocycles. The minimum Gasteiger partial charge on any atom is -0.355 e. The number of nitrogens with zero attached hydrogens (tertiary/aromatic N) is 6. The monoisotopic (exact) mass is 487 g/mol. The zero-order valence-electron chi connectivity index (χ0n) is 19.4. The third-order valence-corrected chi connectivity index (χ3v) is 7.67. The third kappa shape index (κ3) is 4.44. The Morgan fingerprint density at radius 2 is 2.06 bits per heavy atom. The van der Waals surface area contributed by atoms with Gasteiger partial charge in [-0.05, 0) is 56.8 Å². The number of halogens is 2. The Morgan fingerprint density at radius 3 is 2.79 bits per heavy atom. The van der Waals surface area contributed by atoms with Crippen LogP contribution in [0.3, 0.4) is 0 Å². The van der Waals surface area contributed by atoms with E-state index in [1.54, 1.807) is 6.07 Å². The molecule has 2 fully saturated rings. The Labute approximate surface area is 205 Å². The summed E-state index contributed by atoms with van der Waals surface area (Å²) < 4.78 is 1.94. The summed E-state index contributed by atoms with van der Waals surface area (Å²) in [6.07, 6.45) is 4.27. The van der Waals surface area contributed by atoms with Gasteiger partial charge in [0.2, 0.25) is 0 Å². The molecule has 176 valence electrons. The average Bonchev–Trinajstić information content (AvgIpc) is 3.15. The molecule has 0 bridgehead atoms. The van der Waals surface area contributed by atoms with E-state index < -0.39 is 0 Å². The van der Waals surface area contributed by atoms with E-state index in [4.69, 9.17) is 38.3 Å². The van der Waals surface area contributed by atoms with Gasteiger partial charge in [0.25, 0.3) is 0 Å². The van der Waals surface area contributed by atoms with Crippen molar-refractivity contribution in [3.63, 3.8) is 0 Å². The van der Waals surface area contributed by atoms with Crippen LogP contribution in [0, 0.1) is 12.8 Å². The van der Waals surface area contributed by atoms with Gasteiger partial charge in [-0.15, -0.1) is 0 Å². The first kappa shape index (κ1) is 22.8. The number of anilines is 1. The Balaban J connectivity index is 1.41. The fraction of sp³-hybridized carbons (Fsp3) is 0.542. The summed E-state index contributed by atoms with van der Waals surface area (Å²) in [6.45, 7) is 11.7. The molecule has 7 nitrogen and oxygen atoms in total. The molecule has 2 saturated heterocycles. The van der Waals surface area contributed by atoms with Gasteiger partial charge in [0.1, 0.15) is 11.3 Å². The summed E-state index contributed by atoms with van der Waals surface area (Å²) in [4.78, 5) is 14.8. The van der Waals surface area contributed by atoms with Crippen LogP contribution in [0.1, 0.15) is 44.0 Å². The Kier molecular flexibility index (Phi) is 6.49. The quantitative estimate of drug-likeness (QED) is 0.583. The molecule has 2 aliphatic rings. The van der Waals surface area contributed by atoms with Crippen molar-refractivity contribution in [3.8, 4) is 0 Å². The van der Waals surface area contributed by atoms with Crippen molar-refractivity contribution >= 4 is 40.2 Å². The molecule has 5 rings (SSSR count). The second kappa shape index (κ2) is 9.37. The molecule has 2 aliphatic heterocycles. The Hall–Kier alpha value is -1.93. The van der Waals surface area contributed by atoms with Gasteiger partial charge in [0, 0.05) is 42.4 Å². The number of piperidine rings is 1. The van der Waals surface area contributed by atoms with Crippen molar-refractivity contribution in [2.24, 2.45) is 5.92 Å². The lowest BCUT2D eigenvalue weighted by molar-refractivity contribution is 0.0988. The highest BCUT2D eigenvalue weighted by Gasteiger charge is 2.32. The second-order valence-corrected chi connectivity index (χ2v) is 10.2. The SMILES string of the molecule is Cc1nn(C(C)c2ccc(Cl)cc2Cl)c2nc(N3CCC(N4CCCNC4)C(C)C3)cnc12. The van der Waals surface area contributed by atoms with Crippen LogP contribution in [0.5, 0.6) is 0 Å². The van der Waals surface area contributed by atoms with Crippen LogP contribution in [0.2, 0.25) is 10.0 Å². The fourth-order valence-electron chi connectivity index (χ4n) is 5.31. The van der Waals surface area contributed by atoms with E-state index in [0.717, 1.165) is 61.0 Å². The van der Waals surface area contributed by atoms with Gasteiger partial charge in [-0.2, -0.15) is 5.10 Å². The first-order valence-corrected chi connectivity index (χ1v) is 12.5. The van der Waals surface area contributed by atoms with E-state index in [1.165, 1.54) is 13.0 Å². The molecular formula is C24H31Cl2N7. The molecule has 0 radical (unpaired) electrons. The van der Waals surface area contributed by atoms with E-state index in [-0.39, 0.29) is 6.04 Å².